The summed E-state index contributed by atoms with van der Waals surface area (Å²) in [5.74, 6) is 0. The van der Waals surface area contributed by atoms with Crippen molar-refractivity contribution in [2.75, 3.05) is 10.6 Å². The Morgan fingerprint density at radius 3 is 1.27 bits per heavy atom. The summed E-state index contributed by atoms with van der Waals surface area (Å²) in [5.41, 5.74) is 3.20. The summed E-state index contributed by atoms with van der Waals surface area (Å²) in [7, 11) is 0. The Hall–Kier alpha value is -4.32. The summed E-state index contributed by atoms with van der Waals surface area (Å²) in [6, 6.07) is 25.4. The fourth-order valence-electron chi connectivity index (χ4n) is 2.53. The van der Waals surface area contributed by atoms with E-state index in [1.54, 1.807) is 48.8 Å². The number of carbonyl (C=O) groups excluding carboxylic acids is 2. The van der Waals surface area contributed by atoms with Crippen LogP contribution in [-0.4, -0.2) is 12.1 Å². The van der Waals surface area contributed by atoms with Crippen molar-refractivity contribution < 1.29 is 9.59 Å². The Kier molecular flexibility index (Phi) is 7.40. The molecule has 0 aliphatic heterocycles. The third-order valence-electron chi connectivity index (χ3n) is 3.98. The number of urea groups is 2. The van der Waals surface area contributed by atoms with E-state index in [9.17, 15) is 9.59 Å². The molecule has 150 valence electrons. The number of hydrogen-bond donors (Lipinski definition) is 4. The van der Waals surface area contributed by atoms with Crippen molar-refractivity contribution in [1.82, 2.24) is 10.6 Å². The van der Waals surface area contributed by atoms with Gasteiger partial charge in [0.05, 0.1) is 0 Å². The Balaban J connectivity index is 1.42. The maximum atomic E-state index is 11.9. The molecule has 3 rings (SSSR count). The molecule has 0 aromatic heterocycles. The molecule has 0 aliphatic rings. The fraction of sp³-hybridized carbons (Fsp3) is 0. The van der Waals surface area contributed by atoms with E-state index in [0.29, 0.717) is 11.4 Å². The van der Waals surface area contributed by atoms with Gasteiger partial charge in [-0.2, -0.15) is 0 Å². The van der Waals surface area contributed by atoms with Crippen LogP contribution in [-0.2, 0) is 0 Å². The molecule has 3 aromatic carbocycles. The molecule has 0 aliphatic carbocycles. The van der Waals surface area contributed by atoms with Gasteiger partial charge in [-0.15, -0.1) is 0 Å². The number of carbonyl (C=O) groups is 2. The Labute approximate surface area is 175 Å². The van der Waals surface area contributed by atoms with E-state index in [2.05, 4.69) is 21.3 Å². The summed E-state index contributed by atoms with van der Waals surface area (Å²) in [6.07, 6.45) is 6.76. The number of hydrogen-bond acceptors (Lipinski definition) is 2. The minimum Gasteiger partial charge on any atom is -0.314 e. The zero-order valence-corrected chi connectivity index (χ0v) is 16.2. The molecule has 0 atom stereocenters. The van der Waals surface area contributed by atoms with Gasteiger partial charge in [-0.3, -0.25) is 0 Å². The average Bonchev–Trinajstić information content (AvgIpc) is 2.77. The zero-order chi connectivity index (χ0) is 21.0. The molecule has 30 heavy (non-hydrogen) atoms. The third kappa shape index (κ3) is 7.01. The molecular weight excluding hydrogens is 376 g/mol. The fourth-order valence-corrected chi connectivity index (χ4v) is 2.53. The lowest BCUT2D eigenvalue weighted by Crippen LogP contribution is -2.24. The molecule has 0 heterocycles. The number of benzene rings is 3. The normalized spacial score (nSPS) is 10.7. The topological polar surface area (TPSA) is 82.3 Å². The van der Waals surface area contributed by atoms with Gasteiger partial charge in [-0.05, 0) is 47.5 Å². The van der Waals surface area contributed by atoms with Gasteiger partial charge >= 0.3 is 12.1 Å². The van der Waals surface area contributed by atoms with Crippen LogP contribution in [0.3, 0.4) is 0 Å². The molecule has 4 N–H and O–H groups in total. The van der Waals surface area contributed by atoms with Gasteiger partial charge in [0.2, 0.25) is 0 Å². The second-order valence-electron chi connectivity index (χ2n) is 6.26. The first-order valence-corrected chi connectivity index (χ1v) is 9.37. The summed E-state index contributed by atoms with van der Waals surface area (Å²) in [4.78, 5) is 23.9. The van der Waals surface area contributed by atoms with Gasteiger partial charge in [0.1, 0.15) is 0 Å². The van der Waals surface area contributed by atoms with Crippen molar-refractivity contribution in [3.63, 3.8) is 0 Å². The minimum atomic E-state index is -0.355. The molecule has 0 spiro atoms. The first-order valence-electron chi connectivity index (χ1n) is 9.37. The molecule has 0 saturated heterocycles. The van der Waals surface area contributed by atoms with Gasteiger partial charge < -0.3 is 21.3 Å². The summed E-state index contributed by atoms with van der Waals surface area (Å²) in [5, 5.41) is 10.7. The Morgan fingerprint density at radius 1 is 0.533 bits per heavy atom. The summed E-state index contributed by atoms with van der Waals surface area (Å²) in [6.45, 7) is 0. The average molecular weight is 398 g/mol. The van der Waals surface area contributed by atoms with E-state index in [1.165, 1.54) is 0 Å². The van der Waals surface area contributed by atoms with E-state index >= 15 is 0 Å². The predicted molar refractivity (Wildman–Crippen MR) is 122 cm³/mol. The van der Waals surface area contributed by atoms with E-state index < -0.39 is 0 Å². The molecule has 0 fully saturated rings. The van der Waals surface area contributed by atoms with E-state index in [-0.39, 0.29) is 12.1 Å². The van der Waals surface area contributed by atoms with Crippen molar-refractivity contribution >= 4 is 35.6 Å². The standard InChI is InChI=1S/C24H22N4O2/c29-23(25-17-15-19-7-3-1-4-8-19)27-21-11-13-22(14-12-21)28-24(30)26-18-16-20-9-5-2-6-10-20/h1-18H,(H2,25,27,29)(H2,26,28,30)/b17-15+,18-16+. The Bertz CT molecular complexity index is 930. The molecule has 0 radical (unpaired) electrons. The highest BCUT2D eigenvalue weighted by Crippen LogP contribution is 2.13. The molecule has 0 bridgehead atoms. The van der Waals surface area contributed by atoms with Gasteiger partial charge in [0, 0.05) is 23.8 Å². The second-order valence-corrected chi connectivity index (χ2v) is 6.26. The molecule has 3 aromatic rings. The van der Waals surface area contributed by atoms with Crippen molar-refractivity contribution in [1.29, 1.82) is 0 Å². The number of nitrogens with one attached hydrogen (secondary N) is 4. The maximum Gasteiger partial charge on any atom is 0.323 e. The van der Waals surface area contributed by atoms with Crippen LogP contribution in [0.25, 0.3) is 12.2 Å². The van der Waals surface area contributed by atoms with Crippen LogP contribution in [0.1, 0.15) is 11.1 Å². The number of amides is 4. The number of rotatable bonds is 6. The maximum absolute atomic E-state index is 11.9. The third-order valence-corrected chi connectivity index (χ3v) is 3.98. The van der Waals surface area contributed by atoms with Crippen LogP contribution in [0.5, 0.6) is 0 Å². The minimum absolute atomic E-state index is 0.355. The van der Waals surface area contributed by atoms with Gasteiger partial charge in [-0.25, -0.2) is 9.59 Å². The molecule has 0 unspecified atom stereocenters. The lowest BCUT2D eigenvalue weighted by molar-refractivity contribution is 0.254. The van der Waals surface area contributed by atoms with Gasteiger partial charge in [0.25, 0.3) is 0 Å². The molecule has 6 nitrogen and oxygen atoms in total. The highest BCUT2D eigenvalue weighted by molar-refractivity contribution is 5.92. The highest BCUT2D eigenvalue weighted by Gasteiger charge is 2.02. The van der Waals surface area contributed by atoms with Crippen LogP contribution in [0, 0.1) is 0 Å². The lowest BCUT2D eigenvalue weighted by atomic mass is 10.2. The largest absolute Gasteiger partial charge is 0.323 e. The number of anilines is 2. The van der Waals surface area contributed by atoms with Crippen molar-refractivity contribution in [2.24, 2.45) is 0 Å². The van der Waals surface area contributed by atoms with Crippen molar-refractivity contribution in [2.45, 2.75) is 0 Å². The highest BCUT2D eigenvalue weighted by atomic mass is 16.2. The molecule has 0 saturated carbocycles. The van der Waals surface area contributed by atoms with Crippen LogP contribution < -0.4 is 21.3 Å². The predicted octanol–water partition coefficient (Wildman–Crippen LogP) is 5.27. The molecule has 4 amide bonds. The zero-order valence-electron chi connectivity index (χ0n) is 16.2. The molecule has 6 heteroatoms. The second kappa shape index (κ2) is 10.9. The quantitative estimate of drug-likeness (QED) is 0.456. The van der Waals surface area contributed by atoms with Gasteiger partial charge in [-0.1, -0.05) is 60.7 Å². The van der Waals surface area contributed by atoms with E-state index in [1.807, 2.05) is 60.7 Å². The van der Waals surface area contributed by atoms with Crippen LogP contribution in [0.15, 0.2) is 97.3 Å². The first kappa shape index (κ1) is 20.4. The summed E-state index contributed by atoms with van der Waals surface area (Å²) < 4.78 is 0. The van der Waals surface area contributed by atoms with Crippen LogP contribution in [0.4, 0.5) is 21.0 Å². The van der Waals surface area contributed by atoms with Crippen LogP contribution in [0.2, 0.25) is 0 Å². The molecular formula is C24H22N4O2. The smallest absolute Gasteiger partial charge is 0.314 e. The van der Waals surface area contributed by atoms with Crippen LogP contribution >= 0.6 is 0 Å². The monoisotopic (exact) mass is 398 g/mol. The summed E-state index contributed by atoms with van der Waals surface area (Å²) >= 11 is 0. The van der Waals surface area contributed by atoms with Gasteiger partial charge in [0.15, 0.2) is 0 Å². The lowest BCUT2D eigenvalue weighted by Gasteiger charge is -2.07. The first-order chi connectivity index (χ1) is 14.7. The Morgan fingerprint density at radius 2 is 0.900 bits per heavy atom. The SMILES string of the molecule is O=C(N/C=C/c1ccccc1)Nc1ccc(NC(=O)N/C=C/c2ccccc2)cc1. The van der Waals surface area contributed by atoms with Crippen molar-refractivity contribution in [3.8, 4) is 0 Å². The van der Waals surface area contributed by atoms with Crippen molar-refractivity contribution in [3.05, 3.63) is 108 Å². The van der Waals surface area contributed by atoms with E-state index in [0.717, 1.165) is 11.1 Å². The van der Waals surface area contributed by atoms with E-state index in [4.69, 9.17) is 0 Å².